The molecule has 0 radical (unpaired) electrons. The Kier molecular flexibility index (Phi) is 7.65. The topological polar surface area (TPSA) is 64.7 Å². The van der Waals surface area contributed by atoms with E-state index in [4.69, 9.17) is 0 Å². The Hall–Kier alpha value is -3.09. The van der Waals surface area contributed by atoms with E-state index in [1.54, 1.807) is 17.0 Å². The van der Waals surface area contributed by atoms with Crippen molar-refractivity contribution in [1.82, 2.24) is 10.2 Å². The minimum Gasteiger partial charge on any atom is -0.377 e. The number of hydrogen-bond donors (Lipinski definition) is 2. The van der Waals surface area contributed by atoms with Crippen LogP contribution < -0.4 is 15.5 Å². The number of halogens is 1. The second kappa shape index (κ2) is 9.81. The lowest BCUT2D eigenvalue weighted by atomic mass is 10.1. The smallest absolute Gasteiger partial charge is 0.318 e. The Balaban J connectivity index is 2.32. The van der Waals surface area contributed by atoms with Crippen LogP contribution in [0.15, 0.2) is 42.5 Å². The summed E-state index contributed by atoms with van der Waals surface area (Å²) in [6.07, 6.45) is 0. The Morgan fingerprint density at radius 1 is 1.06 bits per heavy atom. The van der Waals surface area contributed by atoms with Crippen molar-refractivity contribution in [3.8, 4) is 0 Å². The molecule has 2 N–H and O–H groups in total. The summed E-state index contributed by atoms with van der Waals surface area (Å²) in [4.78, 5) is 29.1. The number of nitrogens with zero attached hydrogens (tertiary/aromatic N) is 2. The van der Waals surface area contributed by atoms with Gasteiger partial charge in [-0.2, -0.15) is 0 Å². The number of benzene rings is 2. The quantitative estimate of drug-likeness (QED) is 0.690. The molecule has 0 saturated carbocycles. The lowest BCUT2D eigenvalue weighted by Crippen LogP contribution is -2.50. The first-order valence-electron chi connectivity index (χ1n) is 10.3. The zero-order valence-electron chi connectivity index (χ0n) is 19.4. The van der Waals surface area contributed by atoms with Gasteiger partial charge >= 0.3 is 6.03 Å². The molecule has 0 unspecified atom stereocenters. The molecule has 6 nitrogen and oxygen atoms in total. The van der Waals surface area contributed by atoms with Crippen molar-refractivity contribution in [2.24, 2.45) is 0 Å². The van der Waals surface area contributed by atoms with Gasteiger partial charge in [0.15, 0.2) is 0 Å². The average molecular weight is 429 g/mol. The maximum Gasteiger partial charge on any atom is 0.318 e. The molecule has 7 heteroatoms. The predicted molar refractivity (Wildman–Crippen MR) is 124 cm³/mol. The highest BCUT2D eigenvalue weighted by molar-refractivity contribution is 6.04. The van der Waals surface area contributed by atoms with Crippen LogP contribution in [-0.2, 0) is 6.54 Å². The van der Waals surface area contributed by atoms with Crippen LogP contribution in [0.1, 0.15) is 50.5 Å². The van der Waals surface area contributed by atoms with E-state index in [-0.39, 0.29) is 23.2 Å². The van der Waals surface area contributed by atoms with Gasteiger partial charge in [0, 0.05) is 49.2 Å². The van der Waals surface area contributed by atoms with Crippen molar-refractivity contribution in [3.63, 3.8) is 0 Å². The summed E-state index contributed by atoms with van der Waals surface area (Å²) in [5.41, 5.74) is 2.30. The lowest BCUT2D eigenvalue weighted by Gasteiger charge is -2.32. The molecule has 0 spiro atoms. The molecule has 0 bridgehead atoms. The zero-order valence-corrected chi connectivity index (χ0v) is 19.4. The Labute approximate surface area is 184 Å². The standard InChI is InChI=1S/C24H33FN4O2/c1-16(2)29(23(31)27-24(3,4)5)15-18-14-20(11-12-21(18)28(6)7)26-22(30)17-9-8-10-19(25)13-17/h8-14,16H,15H2,1-7H3,(H,26,30)(H,27,31). The molecular weight excluding hydrogens is 395 g/mol. The average Bonchev–Trinajstić information content (AvgIpc) is 2.64. The van der Waals surface area contributed by atoms with Gasteiger partial charge in [0.05, 0.1) is 0 Å². The lowest BCUT2D eigenvalue weighted by molar-refractivity contribution is 0.102. The molecule has 2 rings (SSSR count). The maximum atomic E-state index is 13.5. The van der Waals surface area contributed by atoms with Gasteiger partial charge in [-0.15, -0.1) is 0 Å². The molecule has 0 fully saturated rings. The van der Waals surface area contributed by atoms with Crippen LogP contribution in [-0.4, -0.2) is 42.5 Å². The number of amides is 3. The van der Waals surface area contributed by atoms with Gasteiger partial charge in [0.25, 0.3) is 5.91 Å². The second-order valence-corrected chi connectivity index (χ2v) is 9.10. The van der Waals surface area contributed by atoms with E-state index in [9.17, 15) is 14.0 Å². The third-order valence-corrected chi connectivity index (χ3v) is 4.61. The first kappa shape index (κ1) is 24.2. The fourth-order valence-corrected chi connectivity index (χ4v) is 3.12. The number of hydrogen-bond acceptors (Lipinski definition) is 3. The summed E-state index contributed by atoms with van der Waals surface area (Å²) < 4.78 is 13.5. The van der Waals surface area contributed by atoms with Gasteiger partial charge in [0.2, 0.25) is 0 Å². The van der Waals surface area contributed by atoms with Crippen LogP contribution in [0.25, 0.3) is 0 Å². The Morgan fingerprint density at radius 2 is 1.74 bits per heavy atom. The Bertz CT molecular complexity index is 935. The van der Waals surface area contributed by atoms with Crippen molar-refractivity contribution in [3.05, 3.63) is 59.4 Å². The van der Waals surface area contributed by atoms with Gasteiger partial charge in [-0.3, -0.25) is 4.79 Å². The molecule has 0 saturated heterocycles. The van der Waals surface area contributed by atoms with Crippen LogP contribution in [0, 0.1) is 5.82 Å². The Morgan fingerprint density at radius 3 is 2.29 bits per heavy atom. The van der Waals surface area contributed by atoms with E-state index >= 15 is 0 Å². The molecule has 0 aliphatic rings. The van der Waals surface area contributed by atoms with Crippen LogP contribution >= 0.6 is 0 Å². The summed E-state index contributed by atoms with van der Waals surface area (Å²) in [6.45, 7) is 10.1. The monoisotopic (exact) mass is 428 g/mol. The van der Waals surface area contributed by atoms with Crippen molar-refractivity contribution in [2.45, 2.75) is 52.7 Å². The fourth-order valence-electron chi connectivity index (χ4n) is 3.12. The van der Waals surface area contributed by atoms with E-state index in [1.807, 2.05) is 65.7 Å². The van der Waals surface area contributed by atoms with Crippen molar-refractivity contribution in [1.29, 1.82) is 0 Å². The highest BCUT2D eigenvalue weighted by Gasteiger charge is 2.23. The molecular formula is C24H33FN4O2. The van der Waals surface area contributed by atoms with Crippen LogP contribution in [0.2, 0.25) is 0 Å². The molecule has 0 atom stereocenters. The number of nitrogens with one attached hydrogen (secondary N) is 2. The molecule has 3 amide bonds. The molecule has 168 valence electrons. The first-order valence-corrected chi connectivity index (χ1v) is 10.3. The van der Waals surface area contributed by atoms with E-state index in [0.717, 1.165) is 11.3 Å². The largest absolute Gasteiger partial charge is 0.377 e. The fraction of sp³-hybridized carbons (Fsp3) is 0.417. The summed E-state index contributed by atoms with van der Waals surface area (Å²) in [7, 11) is 3.86. The zero-order chi connectivity index (χ0) is 23.3. The minimum atomic E-state index is -0.464. The van der Waals surface area contributed by atoms with Gasteiger partial charge < -0.3 is 20.4 Å². The summed E-state index contributed by atoms with van der Waals surface area (Å²) in [5, 5.41) is 5.83. The number of rotatable bonds is 6. The van der Waals surface area contributed by atoms with Gasteiger partial charge in [-0.05, 0) is 76.6 Å². The summed E-state index contributed by atoms with van der Waals surface area (Å²) in [5.74, 6) is -0.858. The highest BCUT2D eigenvalue weighted by atomic mass is 19.1. The van der Waals surface area contributed by atoms with Gasteiger partial charge in [-0.25, -0.2) is 9.18 Å². The van der Waals surface area contributed by atoms with Crippen LogP contribution in [0.5, 0.6) is 0 Å². The van der Waals surface area contributed by atoms with Crippen molar-refractivity contribution < 1.29 is 14.0 Å². The van der Waals surface area contributed by atoms with Crippen LogP contribution in [0.3, 0.4) is 0 Å². The number of anilines is 2. The van der Waals surface area contributed by atoms with Crippen LogP contribution in [0.4, 0.5) is 20.6 Å². The molecule has 0 heterocycles. The summed E-state index contributed by atoms with van der Waals surface area (Å²) >= 11 is 0. The third kappa shape index (κ3) is 6.98. The molecule has 31 heavy (non-hydrogen) atoms. The first-order chi connectivity index (χ1) is 14.4. The molecule has 0 aliphatic heterocycles. The van der Waals surface area contributed by atoms with E-state index in [2.05, 4.69) is 10.6 Å². The van der Waals surface area contributed by atoms with Gasteiger partial charge in [0.1, 0.15) is 5.82 Å². The summed E-state index contributed by atoms with van der Waals surface area (Å²) in [6, 6.07) is 10.9. The number of urea groups is 1. The maximum absolute atomic E-state index is 13.5. The predicted octanol–water partition coefficient (Wildman–Crippen LogP) is 4.86. The number of carbonyl (C=O) groups is 2. The third-order valence-electron chi connectivity index (χ3n) is 4.61. The number of carbonyl (C=O) groups excluding carboxylic acids is 2. The SMILES string of the molecule is CC(C)N(Cc1cc(NC(=O)c2cccc(F)c2)ccc1N(C)C)C(=O)NC(C)(C)C. The normalized spacial score (nSPS) is 11.3. The van der Waals surface area contributed by atoms with E-state index in [0.29, 0.717) is 12.2 Å². The molecule has 2 aromatic carbocycles. The second-order valence-electron chi connectivity index (χ2n) is 9.10. The van der Waals surface area contributed by atoms with E-state index in [1.165, 1.54) is 18.2 Å². The minimum absolute atomic E-state index is 0.0251. The van der Waals surface area contributed by atoms with Crippen molar-refractivity contribution in [2.75, 3.05) is 24.3 Å². The molecule has 2 aromatic rings. The highest BCUT2D eigenvalue weighted by Crippen LogP contribution is 2.26. The molecule has 0 aromatic heterocycles. The van der Waals surface area contributed by atoms with Crippen molar-refractivity contribution >= 4 is 23.3 Å². The van der Waals surface area contributed by atoms with E-state index < -0.39 is 11.7 Å². The van der Waals surface area contributed by atoms with Gasteiger partial charge in [-0.1, -0.05) is 6.07 Å². The molecule has 0 aliphatic carbocycles.